The molecule has 8 heteroatoms. The van der Waals surface area contributed by atoms with Crippen LogP contribution in [-0.4, -0.2) is 31.8 Å². The Labute approximate surface area is 125 Å². The van der Waals surface area contributed by atoms with E-state index in [1.54, 1.807) is 18.3 Å². The van der Waals surface area contributed by atoms with Crippen LogP contribution >= 0.6 is 0 Å². The molecule has 0 atom stereocenters. The summed E-state index contributed by atoms with van der Waals surface area (Å²) in [6.45, 7) is 0. The molecule has 0 aliphatic rings. The maximum Gasteiger partial charge on any atom is 0.291 e. The van der Waals surface area contributed by atoms with Crippen LogP contribution in [0, 0.1) is 0 Å². The number of rotatable bonds is 3. The van der Waals surface area contributed by atoms with Gasteiger partial charge < -0.3 is 4.98 Å². The Balaban J connectivity index is 1.64. The first-order valence-corrected chi connectivity index (χ1v) is 6.46. The van der Waals surface area contributed by atoms with E-state index in [0.29, 0.717) is 5.69 Å². The molecule has 3 aromatic rings. The summed E-state index contributed by atoms with van der Waals surface area (Å²) < 4.78 is 0. The van der Waals surface area contributed by atoms with Crippen molar-refractivity contribution in [3.63, 3.8) is 0 Å². The summed E-state index contributed by atoms with van der Waals surface area (Å²) in [6.07, 6.45) is 2.94. The van der Waals surface area contributed by atoms with Gasteiger partial charge in [-0.3, -0.25) is 20.4 Å². The van der Waals surface area contributed by atoms with Crippen LogP contribution < -0.4 is 10.9 Å². The second kappa shape index (κ2) is 5.92. The SMILES string of the molecule is O=C(NNC(=O)c1ccc[nH]1)c1cnn(-c2ccccc2)n1. The first kappa shape index (κ1) is 13.6. The molecule has 0 bridgehead atoms. The van der Waals surface area contributed by atoms with Gasteiger partial charge in [0.1, 0.15) is 5.69 Å². The van der Waals surface area contributed by atoms with Crippen LogP contribution in [0.1, 0.15) is 21.0 Å². The number of carbonyl (C=O) groups excluding carboxylic acids is 2. The zero-order chi connectivity index (χ0) is 15.4. The van der Waals surface area contributed by atoms with Crippen LogP contribution in [0.3, 0.4) is 0 Å². The van der Waals surface area contributed by atoms with Crippen molar-refractivity contribution in [2.24, 2.45) is 0 Å². The summed E-state index contributed by atoms with van der Waals surface area (Å²) in [4.78, 5) is 27.6. The van der Waals surface area contributed by atoms with Crippen molar-refractivity contribution >= 4 is 11.8 Å². The second-order valence-corrected chi connectivity index (χ2v) is 4.35. The quantitative estimate of drug-likeness (QED) is 0.618. The third-order valence-electron chi connectivity index (χ3n) is 2.84. The van der Waals surface area contributed by atoms with E-state index in [1.807, 2.05) is 30.3 Å². The lowest BCUT2D eigenvalue weighted by Gasteiger charge is -2.04. The van der Waals surface area contributed by atoms with E-state index in [2.05, 4.69) is 26.0 Å². The number of benzene rings is 1. The van der Waals surface area contributed by atoms with Crippen LogP contribution in [0.4, 0.5) is 0 Å². The van der Waals surface area contributed by atoms with Crippen LogP contribution in [0.5, 0.6) is 0 Å². The van der Waals surface area contributed by atoms with E-state index in [1.165, 1.54) is 11.0 Å². The van der Waals surface area contributed by atoms with Gasteiger partial charge in [0, 0.05) is 6.20 Å². The zero-order valence-corrected chi connectivity index (χ0v) is 11.4. The van der Waals surface area contributed by atoms with E-state index in [0.717, 1.165) is 5.69 Å². The van der Waals surface area contributed by atoms with Gasteiger partial charge in [-0.1, -0.05) is 18.2 Å². The van der Waals surface area contributed by atoms with Crippen molar-refractivity contribution in [2.45, 2.75) is 0 Å². The summed E-state index contributed by atoms with van der Waals surface area (Å²) in [5.41, 5.74) is 5.73. The molecule has 0 aliphatic carbocycles. The molecule has 0 radical (unpaired) electrons. The van der Waals surface area contributed by atoms with Crippen molar-refractivity contribution < 1.29 is 9.59 Å². The molecule has 0 saturated heterocycles. The minimum atomic E-state index is -0.554. The predicted octanol–water partition coefficient (Wildman–Crippen LogP) is 0.670. The van der Waals surface area contributed by atoms with Crippen molar-refractivity contribution in [3.8, 4) is 5.69 Å². The molecular weight excluding hydrogens is 284 g/mol. The summed E-state index contributed by atoms with van der Waals surface area (Å²) in [7, 11) is 0. The molecule has 0 saturated carbocycles. The lowest BCUT2D eigenvalue weighted by molar-refractivity contribution is 0.0841. The molecule has 2 aromatic heterocycles. The molecule has 110 valence electrons. The molecule has 3 rings (SSSR count). The predicted molar refractivity (Wildman–Crippen MR) is 77.1 cm³/mol. The fourth-order valence-electron chi connectivity index (χ4n) is 1.77. The van der Waals surface area contributed by atoms with Crippen molar-refractivity contribution in [2.75, 3.05) is 0 Å². The molecule has 0 spiro atoms. The number of nitrogens with zero attached hydrogens (tertiary/aromatic N) is 3. The standard InChI is InChI=1S/C14H12N6O2/c21-13(11-7-4-8-15-11)17-18-14(22)12-9-16-20(19-12)10-5-2-1-3-6-10/h1-9,15H,(H,17,21)(H,18,22). The number of amides is 2. The Morgan fingerprint density at radius 3 is 2.50 bits per heavy atom. The monoisotopic (exact) mass is 296 g/mol. The Morgan fingerprint density at radius 1 is 1.00 bits per heavy atom. The Morgan fingerprint density at radius 2 is 1.77 bits per heavy atom. The molecule has 2 amide bonds. The van der Waals surface area contributed by atoms with Crippen molar-refractivity contribution in [1.29, 1.82) is 0 Å². The average molecular weight is 296 g/mol. The number of H-pyrrole nitrogens is 1. The first-order chi connectivity index (χ1) is 10.7. The smallest absolute Gasteiger partial charge is 0.291 e. The summed E-state index contributed by atoms with van der Waals surface area (Å²) >= 11 is 0. The van der Waals surface area contributed by atoms with Gasteiger partial charge in [0.2, 0.25) is 0 Å². The highest BCUT2D eigenvalue weighted by molar-refractivity contribution is 5.97. The largest absolute Gasteiger partial charge is 0.357 e. The highest BCUT2D eigenvalue weighted by Crippen LogP contribution is 2.04. The van der Waals surface area contributed by atoms with Gasteiger partial charge in [-0.05, 0) is 24.3 Å². The van der Waals surface area contributed by atoms with Gasteiger partial charge in [-0.2, -0.15) is 9.90 Å². The number of para-hydroxylation sites is 1. The average Bonchev–Trinajstić information content (AvgIpc) is 3.24. The van der Waals surface area contributed by atoms with Gasteiger partial charge in [-0.15, -0.1) is 5.10 Å². The van der Waals surface area contributed by atoms with Gasteiger partial charge in [-0.25, -0.2) is 0 Å². The fourth-order valence-corrected chi connectivity index (χ4v) is 1.77. The first-order valence-electron chi connectivity index (χ1n) is 6.46. The molecule has 0 unspecified atom stereocenters. The molecule has 0 aliphatic heterocycles. The van der Waals surface area contributed by atoms with Crippen LogP contribution in [0.25, 0.3) is 5.69 Å². The van der Waals surface area contributed by atoms with Crippen LogP contribution in [0.2, 0.25) is 0 Å². The van der Waals surface area contributed by atoms with Crippen molar-refractivity contribution in [3.05, 3.63) is 66.2 Å². The number of aromatic nitrogens is 4. The Hall–Kier alpha value is -3.42. The number of hydrazine groups is 1. The number of aromatic amines is 1. The Bertz CT molecular complexity index is 779. The number of hydrogen-bond acceptors (Lipinski definition) is 4. The van der Waals surface area contributed by atoms with Gasteiger partial charge in [0.25, 0.3) is 11.8 Å². The maximum absolute atomic E-state index is 11.9. The minimum absolute atomic E-state index is 0.0932. The van der Waals surface area contributed by atoms with Gasteiger partial charge >= 0.3 is 0 Å². The van der Waals surface area contributed by atoms with Gasteiger partial charge in [0.05, 0.1) is 11.9 Å². The molecule has 3 N–H and O–H groups in total. The van der Waals surface area contributed by atoms with Crippen LogP contribution in [0.15, 0.2) is 54.9 Å². The van der Waals surface area contributed by atoms with E-state index in [9.17, 15) is 9.59 Å². The molecule has 22 heavy (non-hydrogen) atoms. The molecule has 0 fully saturated rings. The fraction of sp³-hybridized carbons (Fsp3) is 0. The number of carbonyl (C=O) groups is 2. The molecular formula is C14H12N6O2. The normalized spacial score (nSPS) is 10.2. The van der Waals surface area contributed by atoms with Crippen LogP contribution in [-0.2, 0) is 0 Å². The van der Waals surface area contributed by atoms with E-state index in [-0.39, 0.29) is 5.69 Å². The summed E-state index contributed by atoms with van der Waals surface area (Å²) in [5.74, 6) is -1.00. The van der Waals surface area contributed by atoms with Gasteiger partial charge in [0.15, 0.2) is 5.69 Å². The minimum Gasteiger partial charge on any atom is -0.357 e. The molecule has 2 heterocycles. The van der Waals surface area contributed by atoms with E-state index in [4.69, 9.17) is 0 Å². The highest BCUT2D eigenvalue weighted by Gasteiger charge is 2.13. The third-order valence-corrected chi connectivity index (χ3v) is 2.84. The third kappa shape index (κ3) is 2.85. The Kier molecular flexibility index (Phi) is 3.65. The zero-order valence-electron chi connectivity index (χ0n) is 11.4. The highest BCUT2D eigenvalue weighted by atomic mass is 16.2. The lowest BCUT2D eigenvalue weighted by Crippen LogP contribution is -2.42. The number of nitrogens with one attached hydrogen (secondary N) is 3. The summed E-state index contributed by atoms with van der Waals surface area (Å²) in [5, 5.41) is 8.07. The molecule has 8 nitrogen and oxygen atoms in total. The lowest BCUT2D eigenvalue weighted by atomic mass is 10.3. The maximum atomic E-state index is 11.9. The van der Waals surface area contributed by atoms with E-state index >= 15 is 0 Å². The second-order valence-electron chi connectivity index (χ2n) is 4.35. The van der Waals surface area contributed by atoms with Crippen molar-refractivity contribution in [1.82, 2.24) is 30.8 Å². The number of hydrogen-bond donors (Lipinski definition) is 3. The topological polar surface area (TPSA) is 105 Å². The molecule has 1 aromatic carbocycles. The summed E-state index contributed by atoms with van der Waals surface area (Å²) in [6, 6.07) is 12.5. The van der Waals surface area contributed by atoms with E-state index < -0.39 is 11.8 Å².